The first-order valence-electron chi connectivity index (χ1n) is 7.95. The molecule has 1 aromatic carbocycles. The lowest BCUT2D eigenvalue weighted by Crippen LogP contribution is -2.31. The third-order valence-corrected chi connectivity index (χ3v) is 3.98. The average Bonchev–Trinajstić information content (AvgIpc) is 2.38. The van der Waals surface area contributed by atoms with E-state index in [2.05, 4.69) is 57.3 Å². The maximum absolute atomic E-state index is 3.66. The Bertz CT molecular complexity index is 345. The van der Waals surface area contributed by atoms with Crippen LogP contribution in [-0.2, 0) is 6.42 Å². The van der Waals surface area contributed by atoms with Crippen molar-refractivity contribution in [3.8, 4) is 0 Å². The van der Waals surface area contributed by atoms with Gasteiger partial charge >= 0.3 is 0 Å². The van der Waals surface area contributed by atoms with Crippen molar-refractivity contribution >= 4 is 0 Å². The summed E-state index contributed by atoms with van der Waals surface area (Å²) >= 11 is 0. The van der Waals surface area contributed by atoms with E-state index in [1.54, 1.807) is 0 Å². The van der Waals surface area contributed by atoms with Gasteiger partial charge in [-0.1, -0.05) is 57.9 Å². The summed E-state index contributed by atoms with van der Waals surface area (Å²) < 4.78 is 0. The Kier molecular flexibility index (Phi) is 7.81. The van der Waals surface area contributed by atoms with Crippen LogP contribution in [0.1, 0.15) is 57.6 Å². The molecule has 19 heavy (non-hydrogen) atoms. The summed E-state index contributed by atoms with van der Waals surface area (Å²) in [5.74, 6) is 0.839. The molecule has 2 atom stereocenters. The van der Waals surface area contributed by atoms with Gasteiger partial charge in [0, 0.05) is 6.04 Å². The molecule has 1 nitrogen and oxygen atoms in total. The molecule has 0 amide bonds. The Hall–Kier alpha value is -0.820. The van der Waals surface area contributed by atoms with E-state index >= 15 is 0 Å². The van der Waals surface area contributed by atoms with Crippen LogP contribution >= 0.6 is 0 Å². The van der Waals surface area contributed by atoms with Gasteiger partial charge in [-0.3, -0.25) is 0 Å². The van der Waals surface area contributed by atoms with Gasteiger partial charge in [0.25, 0.3) is 0 Å². The van der Waals surface area contributed by atoms with Crippen molar-refractivity contribution in [2.24, 2.45) is 5.92 Å². The number of rotatable bonds is 9. The third kappa shape index (κ3) is 6.24. The van der Waals surface area contributed by atoms with E-state index in [4.69, 9.17) is 0 Å². The predicted octanol–water partition coefficient (Wildman–Crippen LogP) is 4.73. The van der Waals surface area contributed by atoms with Crippen molar-refractivity contribution in [3.63, 3.8) is 0 Å². The molecule has 0 aliphatic rings. The first-order chi connectivity index (χ1) is 9.17. The van der Waals surface area contributed by atoms with Crippen LogP contribution in [0.5, 0.6) is 0 Å². The Balaban J connectivity index is 2.47. The molecule has 0 fully saturated rings. The van der Waals surface area contributed by atoms with Gasteiger partial charge in [0.1, 0.15) is 0 Å². The lowest BCUT2D eigenvalue weighted by atomic mass is 9.92. The molecule has 0 radical (unpaired) electrons. The van der Waals surface area contributed by atoms with Crippen molar-refractivity contribution in [3.05, 3.63) is 35.4 Å². The summed E-state index contributed by atoms with van der Waals surface area (Å²) in [4.78, 5) is 0. The van der Waals surface area contributed by atoms with Crippen LogP contribution in [0.2, 0.25) is 0 Å². The Morgan fingerprint density at radius 1 is 1.11 bits per heavy atom. The predicted molar refractivity (Wildman–Crippen MR) is 85.7 cm³/mol. The fraction of sp³-hybridized carbons (Fsp3) is 0.667. The van der Waals surface area contributed by atoms with Gasteiger partial charge in [0.2, 0.25) is 0 Å². The van der Waals surface area contributed by atoms with E-state index < -0.39 is 0 Å². The van der Waals surface area contributed by atoms with E-state index in [0.29, 0.717) is 6.04 Å². The number of nitrogens with one attached hydrogen (secondary N) is 1. The minimum absolute atomic E-state index is 0.672. The van der Waals surface area contributed by atoms with Crippen LogP contribution in [0, 0.1) is 12.8 Å². The van der Waals surface area contributed by atoms with Crippen LogP contribution in [0.15, 0.2) is 24.3 Å². The number of hydrogen-bond acceptors (Lipinski definition) is 1. The maximum atomic E-state index is 3.66. The monoisotopic (exact) mass is 261 g/mol. The Morgan fingerprint density at radius 2 is 1.84 bits per heavy atom. The van der Waals surface area contributed by atoms with Crippen molar-refractivity contribution in [1.82, 2.24) is 5.32 Å². The van der Waals surface area contributed by atoms with Gasteiger partial charge in [0.05, 0.1) is 0 Å². The number of benzene rings is 1. The topological polar surface area (TPSA) is 12.0 Å². The minimum atomic E-state index is 0.672. The average molecular weight is 261 g/mol. The third-order valence-electron chi connectivity index (χ3n) is 3.98. The number of hydrogen-bond donors (Lipinski definition) is 1. The van der Waals surface area contributed by atoms with Crippen molar-refractivity contribution in [1.29, 1.82) is 0 Å². The van der Waals surface area contributed by atoms with E-state index in [9.17, 15) is 0 Å². The minimum Gasteiger partial charge on any atom is -0.314 e. The summed E-state index contributed by atoms with van der Waals surface area (Å²) in [6.07, 6.45) is 6.42. The van der Waals surface area contributed by atoms with E-state index in [1.807, 2.05) is 0 Å². The van der Waals surface area contributed by atoms with Crippen molar-refractivity contribution in [2.75, 3.05) is 6.54 Å². The van der Waals surface area contributed by atoms with E-state index in [-0.39, 0.29) is 0 Å². The molecule has 1 aromatic rings. The van der Waals surface area contributed by atoms with Crippen LogP contribution in [0.3, 0.4) is 0 Å². The second kappa shape index (κ2) is 9.14. The second-order valence-electron chi connectivity index (χ2n) is 5.85. The quantitative estimate of drug-likeness (QED) is 0.677. The van der Waals surface area contributed by atoms with Gasteiger partial charge in [-0.15, -0.1) is 0 Å². The van der Waals surface area contributed by atoms with Crippen LogP contribution < -0.4 is 5.32 Å². The van der Waals surface area contributed by atoms with Crippen molar-refractivity contribution < 1.29 is 0 Å². The number of aryl methyl sites for hydroxylation is 2. The van der Waals surface area contributed by atoms with Crippen LogP contribution in [0.4, 0.5) is 0 Å². The molecule has 0 aliphatic heterocycles. The molecule has 0 heterocycles. The zero-order valence-electron chi connectivity index (χ0n) is 13.2. The molecule has 2 unspecified atom stereocenters. The molecule has 0 saturated carbocycles. The maximum Gasteiger partial charge on any atom is 0.00726 e. The molecule has 1 rings (SSSR count). The summed E-state index contributed by atoms with van der Waals surface area (Å²) in [6, 6.07) is 9.45. The molecule has 1 heteroatoms. The fourth-order valence-corrected chi connectivity index (χ4v) is 2.91. The molecule has 108 valence electrons. The van der Waals surface area contributed by atoms with Gasteiger partial charge in [0.15, 0.2) is 0 Å². The molecule has 1 N–H and O–H groups in total. The van der Waals surface area contributed by atoms with Gasteiger partial charge < -0.3 is 5.32 Å². The fourth-order valence-electron chi connectivity index (χ4n) is 2.91. The molecule has 0 aliphatic carbocycles. The van der Waals surface area contributed by atoms with Crippen molar-refractivity contribution in [2.45, 2.75) is 65.8 Å². The first kappa shape index (κ1) is 16.2. The normalized spacial score (nSPS) is 14.3. The molecule has 0 spiro atoms. The Labute approximate surface area is 119 Å². The summed E-state index contributed by atoms with van der Waals surface area (Å²) in [6.45, 7) is 10.2. The zero-order chi connectivity index (χ0) is 14.1. The van der Waals surface area contributed by atoms with Gasteiger partial charge in [-0.25, -0.2) is 0 Å². The van der Waals surface area contributed by atoms with Gasteiger partial charge in [-0.2, -0.15) is 0 Å². The molecular weight excluding hydrogens is 230 g/mol. The highest BCUT2D eigenvalue weighted by Crippen LogP contribution is 2.17. The highest BCUT2D eigenvalue weighted by atomic mass is 14.9. The molecule has 0 bridgehead atoms. The lowest BCUT2D eigenvalue weighted by molar-refractivity contribution is 0.372. The van der Waals surface area contributed by atoms with E-state index in [0.717, 1.165) is 12.5 Å². The first-order valence-corrected chi connectivity index (χ1v) is 7.95. The summed E-state index contributed by atoms with van der Waals surface area (Å²) in [7, 11) is 0. The zero-order valence-corrected chi connectivity index (χ0v) is 13.2. The smallest absolute Gasteiger partial charge is 0.00726 e. The largest absolute Gasteiger partial charge is 0.314 e. The SMILES string of the molecule is CCCC(C)CC(CCc1ccccc1C)NCC. The highest BCUT2D eigenvalue weighted by molar-refractivity contribution is 5.25. The molecular formula is C18H31N. The summed E-state index contributed by atoms with van der Waals surface area (Å²) in [5.41, 5.74) is 2.94. The second-order valence-corrected chi connectivity index (χ2v) is 5.85. The standard InChI is InChI=1S/C18H31N/c1-5-9-15(3)14-18(19-6-2)13-12-17-11-8-7-10-16(17)4/h7-8,10-11,15,18-19H,5-6,9,12-14H2,1-4H3. The molecule has 0 saturated heterocycles. The van der Waals surface area contributed by atoms with Crippen LogP contribution in [-0.4, -0.2) is 12.6 Å². The van der Waals surface area contributed by atoms with Crippen LogP contribution in [0.25, 0.3) is 0 Å². The summed E-state index contributed by atoms with van der Waals surface area (Å²) in [5, 5.41) is 3.66. The molecule has 0 aromatic heterocycles. The Morgan fingerprint density at radius 3 is 2.47 bits per heavy atom. The lowest BCUT2D eigenvalue weighted by Gasteiger charge is -2.22. The highest BCUT2D eigenvalue weighted by Gasteiger charge is 2.12. The van der Waals surface area contributed by atoms with E-state index in [1.165, 1.54) is 43.2 Å². The van der Waals surface area contributed by atoms with Gasteiger partial charge in [-0.05, 0) is 49.8 Å².